The molecule has 1 aromatic carbocycles. The maximum atomic E-state index is 12.6. The number of nitro benzene ring substituents is 1. The number of nitrogens with two attached hydrogens (primary N) is 1. The zero-order valence-electron chi connectivity index (χ0n) is 14.6. The van der Waals surface area contributed by atoms with Gasteiger partial charge in [0.2, 0.25) is 0 Å². The molecule has 7 nitrogen and oxygen atoms in total. The summed E-state index contributed by atoms with van der Waals surface area (Å²) in [6, 6.07) is 3.81. The van der Waals surface area contributed by atoms with Gasteiger partial charge in [0.15, 0.2) is 0 Å². The molecule has 0 saturated carbocycles. The Morgan fingerprint density at radius 3 is 2.81 bits per heavy atom. The lowest BCUT2D eigenvalue weighted by Gasteiger charge is -2.20. The van der Waals surface area contributed by atoms with Crippen LogP contribution in [-0.4, -0.2) is 16.7 Å². The minimum atomic E-state index is -0.650. The Kier molecular flexibility index (Phi) is 5.48. The van der Waals surface area contributed by atoms with Crippen LogP contribution < -0.4 is 11.1 Å². The highest BCUT2D eigenvalue weighted by Crippen LogP contribution is 2.40. The third-order valence-corrected chi connectivity index (χ3v) is 6.31. The Hall–Kier alpha value is -2.45. The number of hydrogen-bond acceptors (Lipinski definition) is 5. The van der Waals surface area contributed by atoms with E-state index < -0.39 is 16.7 Å². The van der Waals surface area contributed by atoms with E-state index in [4.69, 9.17) is 17.3 Å². The fourth-order valence-electron chi connectivity index (χ4n) is 3.32. The smallest absolute Gasteiger partial charge is 0.288 e. The molecule has 1 heterocycles. The summed E-state index contributed by atoms with van der Waals surface area (Å²) in [5.74, 6) is -0.581. The second-order valence-electron chi connectivity index (χ2n) is 6.47. The number of benzene rings is 1. The summed E-state index contributed by atoms with van der Waals surface area (Å²) in [5, 5.41) is 14.1. The van der Waals surface area contributed by atoms with Crippen LogP contribution in [-0.2, 0) is 12.8 Å². The summed E-state index contributed by atoms with van der Waals surface area (Å²) in [4.78, 5) is 36.0. The molecular formula is C18H18ClN3O4S. The quantitative estimate of drug-likeness (QED) is 0.571. The Morgan fingerprint density at radius 1 is 1.44 bits per heavy atom. The molecule has 0 aliphatic heterocycles. The molecule has 2 amide bonds. The fourth-order valence-corrected chi connectivity index (χ4v) is 4.87. The predicted molar refractivity (Wildman–Crippen MR) is 105 cm³/mol. The van der Waals surface area contributed by atoms with Gasteiger partial charge in [-0.15, -0.1) is 11.3 Å². The van der Waals surface area contributed by atoms with Gasteiger partial charge in [-0.25, -0.2) is 0 Å². The molecule has 0 radical (unpaired) electrons. The zero-order chi connectivity index (χ0) is 19.7. The lowest BCUT2D eigenvalue weighted by atomic mass is 9.85. The van der Waals surface area contributed by atoms with Crippen molar-refractivity contribution in [3.05, 3.63) is 54.9 Å². The Bertz CT molecular complexity index is 941. The Labute approximate surface area is 164 Å². The average Bonchev–Trinajstić information content (AvgIpc) is 2.98. The molecule has 27 heavy (non-hydrogen) atoms. The van der Waals surface area contributed by atoms with Gasteiger partial charge >= 0.3 is 0 Å². The molecule has 9 heteroatoms. The van der Waals surface area contributed by atoms with Gasteiger partial charge in [0.1, 0.15) is 10.0 Å². The molecule has 1 atom stereocenters. The van der Waals surface area contributed by atoms with E-state index in [1.807, 2.05) is 0 Å². The number of primary amides is 1. The van der Waals surface area contributed by atoms with Crippen LogP contribution >= 0.6 is 22.9 Å². The molecule has 1 aromatic heterocycles. The summed E-state index contributed by atoms with van der Waals surface area (Å²) < 4.78 is 0. The van der Waals surface area contributed by atoms with E-state index in [2.05, 4.69) is 12.2 Å². The van der Waals surface area contributed by atoms with E-state index in [1.165, 1.54) is 23.5 Å². The van der Waals surface area contributed by atoms with E-state index >= 15 is 0 Å². The van der Waals surface area contributed by atoms with E-state index in [1.54, 1.807) is 0 Å². The topological polar surface area (TPSA) is 115 Å². The predicted octanol–water partition coefficient (Wildman–Crippen LogP) is 4.18. The summed E-state index contributed by atoms with van der Waals surface area (Å²) in [7, 11) is 0. The van der Waals surface area contributed by atoms with Gasteiger partial charge in [-0.2, -0.15) is 0 Å². The van der Waals surface area contributed by atoms with Crippen LogP contribution in [0, 0.1) is 16.0 Å². The van der Waals surface area contributed by atoms with Crippen molar-refractivity contribution in [2.24, 2.45) is 11.7 Å². The molecule has 0 fully saturated rings. The molecule has 0 saturated heterocycles. The second-order valence-corrected chi connectivity index (χ2v) is 7.98. The van der Waals surface area contributed by atoms with Crippen molar-refractivity contribution in [1.29, 1.82) is 0 Å². The van der Waals surface area contributed by atoms with Crippen LogP contribution in [0.1, 0.15) is 50.9 Å². The average molecular weight is 408 g/mol. The number of nitro groups is 1. The summed E-state index contributed by atoms with van der Waals surface area (Å²) >= 11 is 7.14. The normalized spacial score (nSPS) is 15.9. The van der Waals surface area contributed by atoms with E-state index in [0.29, 0.717) is 16.5 Å². The van der Waals surface area contributed by atoms with E-state index in [9.17, 15) is 19.7 Å². The fraction of sp³-hybridized carbons (Fsp3) is 0.333. The van der Waals surface area contributed by atoms with Gasteiger partial charge in [0, 0.05) is 16.5 Å². The molecule has 1 aliphatic carbocycles. The number of nitrogens with zero attached hydrogens (tertiary/aromatic N) is 1. The molecule has 0 bridgehead atoms. The van der Waals surface area contributed by atoms with Gasteiger partial charge in [0.05, 0.1) is 10.5 Å². The number of fused-ring (bicyclic) bond motifs is 1. The SMILES string of the molecule is CC[C@H]1CCc2c(sc(NC(=O)c3ccc(Cl)c([N+](=O)[O-])c3)c2C(N)=O)C1. The van der Waals surface area contributed by atoms with Crippen molar-refractivity contribution in [1.82, 2.24) is 0 Å². The number of anilines is 1. The molecule has 3 rings (SSSR count). The number of rotatable bonds is 5. The number of thiophene rings is 1. The molecule has 0 unspecified atom stereocenters. The summed E-state index contributed by atoms with van der Waals surface area (Å²) in [6.07, 6.45) is 3.65. The van der Waals surface area contributed by atoms with Crippen molar-refractivity contribution in [3.8, 4) is 0 Å². The highest BCUT2D eigenvalue weighted by molar-refractivity contribution is 7.17. The van der Waals surface area contributed by atoms with Crippen molar-refractivity contribution in [2.75, 3.05) is 5.32 Å². The maximum absolute atomic E-state index is 12.6. The maximum Gasteiger partial charge on any atom is 0.288 e. The first-order chi connectivity index (χ1) is 12.8. The largest absolute Gasteiger partial charge is 0.365 e. The second kappa shape index (κ2) is 7.66. The van der Waals surface area contributed by atoms with Gasteiger partial charge in [-0.1, -0.05) is 24.9 Å². The third-order valence-electron chi connectivity index (χ3n) is 4.82. The van der Waals surface area contributed by atoms with Crippen LogP contribution in [0.4, 0.5) is 10.7 Å². The molecule has 2 aromatic rings. The number of nitrogens with one attached hydrogen (secondary N) is 1. The van der Waals surface area contributed by atoms with Crippen LogP contribution in [0.15, 0.2) is 18.2 Å². The van der Waals surface area contributed by atoms with Gasteiger partial charge < -0.3 is 11.1 Å². The highest BCUT2D eigenvalue weighted by Gasteiger charge is 2.28. The Morgan fingerprint density at radius 2 is 2.19 bits per heavy atom. The lowest BCUT2D eigenvalue weighted by Crippen LogP contribution is -2.19. The van der Waals surface area contributed by atoms with Gasteiger partial charge in [-0.05, 0) is 42.9 Å². The highest BCUT2D eigenvalue weighted by atomic mass is 35.5. The molecule has 3 N–H and O–H groups in total. The summed E-state index contributed by atoms with van der Waals surface area (Å²) in [5.41, 5.74) is 6.55. The first kappa shape index (κ1) is 19.3. The molecule has 142 valence electrons. The molecular weight excluding hydrogens is 390 g/mol. The van der Waals surface area contributed by atoms with Gasteiger partial charge in [-0.3, -0.25) is 19.7 Å². The van der Waals surface area contributed by atoms with Crippen molar-refractivity contribution >= 4 is 45.4 Å². The van der Waals surface area contributed by atoms with Gasteiger partial charge in [0.25, 0.3) is 17.5 Å². The number of hydrogen-bond donors (Lipinski definition) is 2. The van der Waals surface area contributed by atoms with E-state index in [0.717, 1.165) is 42.2 Å². The first-order valence-corrected chi connectivity index (χ1v) is 9.70. The first-order valence-electron chi connectivity index (χ1n) is 8.51. The van der Waals surface area contributed by atoms with Crippen molar-refractivity contribution in [3.63, 3.8) is 0 Å². The molecule has 1 aliphatic rings. The standard InChI is InChI=1S/C18H18ClN3O4S/c1-2-9-3-5-11-14(7-9)27-18(15(11)16(20)23)21-17(24)10-4-6-12(19)13(8-10)22(25)26/h4,6,8-9H,2-3,5,7H2,1H3,(H2,20,23)(H,21,24)/t9-/m0/s1. The van der Waals surface area contributed by atoms with Crippen LogP contribution in [0.5, 0.6) is 0 Å². The number of amides is 2. The Balaban J connectivity index is 1.93. The number of carbonyl (C=O) groups is 2. The monoisotopic (exact) mass is 407 g/mol. The van der Waals surface area contributed by atoms with Crippen LogP contribution in [0.25, 0.3) is 0 Å². The van der Waals surface area contributed by atoms with Crippen LogP contribution in [0.3, 0.4) is 0 Å². The minimum absolute atomic E-state index is 0.0495. The summed E-state index contributed by atoms with van der Waals surface area (Å²) in [6.45, 7) is 2.13. The van der Waals surface area contributed by atoms with E-state index in [-0.39, 0.29) is 16.3 Å². The number of carbonyl (C=O) groups excluding carboxylic acids is 2. The molecule has 0 spiro atoms. The minimum Gasteiger partial charge on any atom is -0.365 e. The van der Waals surface area contributed by atoms with Crippen LogP contribution in [0.2, 0.25) is 5.02 Å². The lowest BCUT2D eigenvalue weighted by molar-refractivity contribution is -0.384. The van der Waals surface area contributed by atoms with Crippen molar-refractivity contribution in [2.45, 2.75) is 32.6 Å². The number of halogens is 1. The third kappa shape index (κ3) is 3.81. The van der Waals surface area contributed by atoms with Crippen molar-refractivity contribution < 1.29 is 14.5 Å². The zero-order valence-corrected chi connectivity index (χ0v) is 16.2.